The van der Waals surface area contributed by atoms with Crippen LogP contribution in [0.25, 0.3) is 0 Å². The van der Waals surface area contributed by atoms with Crippen LogP contribution in [0.4, 0.5) is 0 Å². The molecule has 0 saturated heterocycles. The molecule has 0 bridgehead atoms. The van der Waals surface area contributed by atoms with Crippen molar-refractivity contribution >= 4 is 34.8 Å². The maximum absolute atomic E-state index is 8.81. The van der Waals surface area contributed by atoms with Crippen molar-refractivity contribution in [1.29, 1.82) is 0 Å². The molecule has 72 valence electrons. The van der Waals surface area contributed by atoms with Crippen LogP contribution in [0, 0.1) is 0 Å². The fourth-order valence-electron chi connectivity index (χ4n) is 0.926. The van der Waals surface area contributed by atoms with E-state index in [0.29, 0.717) is 15.6 Å². The van der Waals surface area contributed by atoms with Gasteiger partial charge in [-0.3, -0.25) is 0 Å². The smallest absolute Gasteiger partial charge is 0.0781 e. The summed E-state index contributed by atoms with van der Waals surface area (Å²) in [4.78, 5) is 0. The summed E-state index contributed by atoms with van der Waals surface area (Å²) < 4.78 is 0. The van der Waals surface area contributed by atoms with Crippen molar-refractivity contribution < 1.29 is 5.11 Å². The van der Waals surface area contributed by atoms with Gasteiger partial charge in [0.05, 0.1) is 27.7 Å². The van der Waals surface area contributed by atoms with Gasteiger partial charge in [0.25, 0.3) is 0 Å². The van der Waals surface area contributed by atoms with Crippen molar-refractivity contribution in [2.75, 3.05) is 6.61 Å². The first-order valence-electron chi connectivity index (χ1n) is 3.57. The van der Waals surface area contributed by atoms with E-state index in [0.717, 1.165) is 0 Å². The van der Waals surface area contributed by atoms with E-state index >= 15 is 0 Å². The summed E-state index contributed by atoms with van der Waals surface area (Å²) in [6.07, 6.45) is 0. The Morgan fingerprint density at radius 1 is 1.23 bits per heavy atom. The van der Waals surface area contributed by atoms with Crippen LogP contribution in [-0.2, 0) is 0 Å². The Hall–Kier alpha value is 0.01000. The second-order valence-corrected chi connectivity index (χ2v) is 3.72. The fraction of sp³-hybridized carbons (Fsp3) is 0.250. The predicted molar refractivity (Wildman–Crippen MR) is 55.5 cm³/mol. The average molecular weight is 241 g/mol. The lowest BCUT2D eigenvalue weighted by Gasteiger charge is -2.11. The van der Waals surface area contributed by atoms with E-state index in [2.05, 4.69) is 0 Å². The first kappa shape index (κ1) is 11.1. The Morgan fingerprint density at radius 3 is 2.38 bits per heavy atom. The number of rotatable bonds is 2. The summed E-state index contributed by atoms with van der Waals surface area (Å²) in [7, 11) is 0. The number of hydrogen-bond donors (Lipinski definition) is 2. The highest BCUT2D eigenvalue weighted by Gasteiger charge is 2.13. The van der Waals surface area contributed by atoms with Gasteiger partial charge in [0.1, 0.15) is 0 Å². The molecule has 0 fully saturated rings. The van der Waals surface area contributed by atoms with Crippen LogP contribution in [-0.4, -0.2) is 11.7 Å². The molecule has 0 spiro atoms. The summed E-state index contributed by atoms with van der Waals surface area (Å²) >= 11 is 17.4. The second-order valence-electron chi connectivity index (χ2n) is 2.55. The van der Waals surface area contributed by atoms with Gasteiger partial charge in [-0.05, 0) is 11.6 Å². The SMILES string of the molecule is N[C@@H](CO)c1ccc(Cl)c(Cl)c1Cl. The number of benzene rings is 1. The van der Waals surface area contributed by atoms with Gasteiger partial charge in [-0.25, -0.2) is 0 Å². The fourth-order valence-corrected chi connectivity index (χ4v) is 1.61. The van der Waals surface area contributed by atoms with Gasteiger partial charge in [-0.2, -0.15) is 0 Å². The van der Waals surface area contributed by atoms with Crippen LogP contribution in [0.5, 0.6) is 0 Å². The zero-order valence-electron chi connectivity index (χ0n) is 6.60. The van der Waals surface area contributed by atoms with Crippen LogP contribution in [0.3, 0.4) is 0 Å². The van der Waals surface area contributed by atoms with E-state index in [4.69, 9.17) is 45.6 Å². The van der Waals surface area contributed by atoms with E-state index < -0.39 is 6.04 Å². The third kappa shape index (κ3) is 2.27. The van der Waals surface area contributed by atoms with Crippen LogP contribution < -0.4 is 5.73 Å². The van der Waals surface area contributed by atoms with Gasteiger partial charge >= 0.3 is 0 Å². The molecule has 0 saturated carbocycles. The molecule has 13 heavy (non-hydrogen) atoms. The summed E-state index contributed by atoms with van der Waals surface area (Å²) in [6, 6.07) is 2.72. The highest BCUT2D eigenvalue weighted by molar-refractivity contribution is 6.48. The molecule has 3 N–H and O–H groups in total. The lowest BCUT2D eigenvalue weighted by Crippen LogP contribution is -2.14. The van der Waals surface area contributed by atoms with Crippen LogP contribution >= 0.6 is 34.8 Å². The third-order valence-electron chi connectivity index (χ3n) is 1.66. The predicted octanol–water partition coefficient (Wildman–Crippen LogP) is 2.64. The van der Waals surface area contributed by atoms with E-state index in [1.807, 2.05) is 0 Å². The molecular formula is C8H8Cl3NO. The van der Waals surface area contributed by atoms with Crippen molar-refractivity contribution in [2.45, 2.75) is 6.04 Å². The minimum absolute atomic E-state index is 0.183. The van der Waals surface area contributed by atoms with Crippen LogP contribution in [0.2, 0.25) is 15.1 Å². The highest BCUT2D eigenvalue weighted by Crippen LogP contribution is 2.34. The maximum atomic E-state index is 8.81. The second kappa shape index (κ2) is 4.49. The first-order valence-corrected chi connectivity index (χ1v) is 4.71. The quantitative estimate of drug-likeness (QED) is 0.781. The molecule has 1 atom stereocenters. The monoisotopic (exact) mass is 239 g/mol. The topological polar surface area (TPSA) is 46.2 Å². The third-order valence-corrected chi connectivity index (χ3v) is 2.97. The summed E-state index contributed by atoms with van der Waals surface area (Å²) in [6.45, 7) is -0.183. The van der Waals surface area contributed by atoms with E-state index in [9.17, 15) is 0 Å². The molecular weight excluding hydrogens is 232 g/mol. The standard InChI is InChI=1S/C8H8Cl3NO/c9-5-2-1-4(6(12)3-13)7(10)8(5)11/h1-2,6,13H,3,12H2/t6-/m0/s1. The molecule has 0 aliphatic heterocycles. The van der Waals surface area contributed by atoms with E-state index in [1.165, 1.54) is 0 Å². The minimum atomic E-state index is -0.526. The molecule has 0 heterocycles. The van der Waals surface area contributed by atoms with Crippen molar-refractivity contribution in [3.63, 3.8) is 0 Å². The molecule has 0 aromatic heterocycles. The van der Waals surface area contributed by atoms with Crippen molar-refractivity contribution in [3.05, 3.63) is 32.8 Å². The number of hydrogen-bond acceptors (Lipinski definition) is 2. The summed E-state index contributed by atoms with van der Waals surface area (Å²) in [5, 5.41) is 9.76. The lowest BCUT2D eigenvalue weighted by molar-refractivity contribution is 0.268. The number of halogens is 3. The Labute approximate surface area is 91.2 Å². The Morgan fingerprint density at radius 2 is 1.85 bits per heavy atom. The molecule has 0 amide bonds. The molecule has 5 heteroatoms. The Bertz CT molecular complexity index is 317. The zero-order valence-corrected chi connectivity index (χ0v) is 8.87. The molecule has 2 nitrogen and oxygen atoms in total. The normalized spacial score (nSPS) is 13.0. The van der Waals surface area contributed by atoms with Crippen LogP contribution in [0.15, 0.2) is 12.1 Å². The van der Waals surface area contributed by atoms with Crippen molar-refractivity contribution in [3.8, 4) is 0 Å². The molecule has 0 unspecified atom stereocenters. The number of nitrogens with two attached hydrogens (primary N) is 1. The van der Waals surface area contributed by atoms with Gasteiger partial charge < -0.3 is 10.8 Å². The minimum Gasteiger partial charge on any atom is -0.394 e. The van der Waals surface area contributed by atoms with Gasteiger partial charge in [0, 0.05) is 0 Å². The van der Waals surface area contributed by atoms with Gasteiger partial charge in [0.2, 0.25) is 0 Å². The summed E-state index contributed by atoms with van der Waals surface area (Å²) in [5.74, 6) is 0. The molecule has 1 aromatic carbocycles. The molecule has 0 aliphatic carbocycles. The number of aliphatic hydroxyl groups excluding tert-OH is 1. The molecule has 0 aliphatic rings. The number of aliphatic hydroxyl groups is 1. The van der Waals surface area contributed by atoms with Crippen molar-refractivity contribution in [1.82, 2.24) is 0 Å². The summed E-state index contributed by atoms with van der Waals surface area (Å²) in [5.41, 5.74) is 6.17. The molecule has 1 rings (SSSR count). The molecule has 1 aromatic rings. The van der Waals surface area contributed by atoms with Gasteiger partial charge in [-0.1, -0.05) is 40.9 Å². The zero-order chi connectivity index (χ0) is 10.0. The Kier molecular flexibility index (Phi) is 3.83. The highest BCUT2D eigenvalue weighted by atomic mass is 35.5. The first-order chi connectivity index (χ1) is 6.07. The van der Waals surface area contributed by atoms with E-state index in [-0.39, 0.29) is 11.6 Å². The maximum Gasteiger partial charge on any atom is 0.0781 e. The van der Waals surface area contributed by atoms with E-state index in [1.54, 1.807) is 12.1 Å². The lowest BCUT2D eigenvalue weighted by atomic mass is 10.1. The van der Waals surface area contributed by atoms with Gasteiger partial charge in [-0.15, -0.1) is 0 Å². The van der Waals surface area contributed by atoms with Gasteiger partial charge in [0.15, 0.2) is 0 Å². The van der Waals surface area contributed by atoms with Crippen molar-refractivity contribution in [2.24, 2.45) is 5.73 Å². The average Bonchev–Trinajstić information content (AvgIpc) is 2.13. The Balaban J connectivity index is 3.18. The largest absolute Gasteiger partial charge is 0.394 e. The molecule has 0 radical (unpaired) electrons. The van der Waals surface area contributed by atoms with Crippen LogP contribution in [0.1, 0.15) is 11.6 Å².